The van der Waals surface area contributed by atoms with Crippen molar-refractivity contribution in [2.45, 2.75) is 70.5 Å². The Morgan fingerprint density at radius 3 is 2.38 bits per heavy atom. The van der Waals surface area contributed by atoms with E-state index in [4.69, 9.17) is 4.84 Å². The maximum absolute atomic E-state index is 12.4. The Morgan fingerprint density at radius 2 is 1.76 bits per heavy atom. The first-order chi connectivity index (χ1) is 13.7. The summed E-state index contributed by atoms with van der Waals surface area (Å²) in [6, 6.07) is 8.18. The van der Waals surface area contributed by atoms with Crippen molar-refractivity contribution in [2.24, 2.45) is 11.8 Å². The Kier molecular flexibility index (Phi) is 9.15. The lowest BCUT2D eigenvalue weighted by atomic mass is 9.80. The van der Waals surface area contributed by atoms with Crippen molar-refractivity contribution < 1.29 is 18.0 Å². The maximum atomic E-state index is 12.4. The van der Waals surface area contributed by atoms with Crippen molar-refractivity contribution in [3.63, 3.8) is 0 Å². The second kappa shape index (κ2) is 11.1. The van der Waals surface area contributed by atoms with Gasteiger partial charge in [-0.1, -0.05) is 44.0 Å². The summed E-state index contributed by atoms with van der Waals surface area (Å²) in [6.07, 6.45) is 7.39. The molecule has 29 heavy (non-hydrogen) atoms. The van der Waals surface area contributed by atoms with Crippen LogP contribution in [0.4, 0.5) is 0 Å². The number of carbonyl (C=O) groups excluding carboxylic acids is 1. The molecule has 164 valence electrons. The van der Waals surface area contributed by atoms with Crippen LogP contribution in [0.3, 0.4) is 0 Å². The van der Waals surface area contributed by atoms with Crippen LogP contribution in [0, 0.1) is 11.8 Å². The smallest absolute Gasteiger partial charge is 0.329 e. The van der Waals surface area contributed by atoms with Gasteiger partial charge in [-0.25, -0.2) is 13.2 Å². The fourth-order valence-corrected chi connectivity index (χ4v) is 5.93. The number of aryl methyl sites for hydroxylation is 1. The quantitative estimate of drug-likeness (QED) is 0.528. The minimum atomic E-state index is -2.95. The van der Waals surface area contributed by atoms with Crippen LogP contribution in [0.5, 0.6) is 0 Å². The van der Waals surface area contributed by atoms with E-state index >= 15 is 0 Å². The molecule has 5 nitrogen and oxygen atoms in total. The molecule has 6 heteroatoms. The summed E-state index contributed by atoms with van der Waals surface area (Å²) in [7, 11) is 0.449. The summed E-state index contributed by atoms with van der Waals surface area (Å²) in [5, 5.41) is 1.19. The maximum Gasteiger partial charge on any atom is 0.329 e. The van der Waals surface area contributed by atoms with E-state index in [2.05, 4.69) is 12.1 Å². The molecule has 1 atom stereocenters. The zero-order chi connectivity index (χ0) is 21.4. The molecule has 1 saturated carbocycles. The highest BCUT2D eigenvalue weighted by Crippen LogP contribution is 2.33. The molecule has 1 aromatic carbocycles. The lowest BCUT2D eigenvalue weighted by Gasteiger charge is -2.29. The number of sulfone groups is 1. The summed E-state index contributed by atoms with van der Waals surface area (Å²) in [6.45, 7) is 3.77. The first-order valence-electron chi connectivity index (χ1n) is 10.9. The molecule has 0 saturated heterocycles. The van der Waals surface area contributed by atoms with Crippen LogP contribution < -0.4 is 0 Å². The molecule has 2 rings (SSSR count). The van der Waals surface area contributed by atoms with Gasteiger partial charge in [-0.05, 0) is 62.0 Å². The number of nitrogens with zero attached hydrogens (tertiary/aromatic N) is 1. The third-order valence-corrected chi connectivity index (χ3v) is 8.58. The van der Waals surface area contributed by atoms with Crippen LogP contribution in [-0.4, -0.2) is 44.5 Å². The molecule has 0 spiro atoms. The van der Waals surface area contributed by atoms with Gasteiger partial charge in [0, 0.05) is 14.1 Å². The Bertz CT molecular complexity index is 752. The van der Waals surface area contributed by atoms with E-state index in [1.165, 1.54) is 10.6 Å². The first kappa shape index (κ1) is 23.9. The Hall–Kier alpha value is -1.40. The van der Waals surface area contributed by atoms with E-state index in [1.54, 1.807) is 14.1 Å². The summed E-state index contributed by atoms with van der Waals surface area (Å²) < 4.78 is 24.7. The summed E-state index contributed by atoms with van der Waals surface area (Å²) in [5.41, 5.74) is 2.23. The number of hydroxylamine groups is 2. The Labute approximate surface area is 176 Å². The summed E-state index contributed by atoms with van der Waals surface area (Å²) in [4.78, 5) is 16.9. The molecule has 0 radical (unpaired) electrons. The molecule has 0 N–H and O–H groups in total. The largest absolute Gasteiger partial charge is 0.368 e. The highest BCUT2D eigenvalue weighted by molar-refractivity contribution is 7.92. The van der Waals surface area contributed by atoms with Gasteiger partial charge in [0.05, 0.1) is 17.4 Å². The SMILES string of the molecule is CCC(C)S(=O)(=O)CC1CCC(CCc2cccc(CC(=O)ON(C)C)c2)CC1. The average Bonchev–Trinajstić information content (AvgIpc) is 2.66. The van der Waals surface area contributed by atoms with E-state index < -0.39 is 9.84 Å². The number of hydrogen-bond acceptors (Lipinski definition) is 5. The predicted molar refractivity (Wildman–Crippen MR) is 117 cm³/mol. The highest BCUT2D eigenvalue weighted by atomic mass is 32.2. The molecular weight excluding hydrogens is 386 g/mol. The van der Waals surface area contributed by atoms with Crippen molar-refractivity contribution >= 4 is 15.8 Å². The van der Waals surface area contributed by atoms with E-state index in [-0.39, 0.29) is 17.6 Å². The van der Waals surface area contributed by atoms with Crippen molar-refractivity contribution in [1.29, 1.82) is 0 Å². The third-order valence-electron chi connectivity index (χ3n) is 6.09. The van der Waals surface area contributed by atoms with Crippen molar-refractivity contribution in [1.82, 2.24) is 5.06 Å². The van der Waals surface area contributed by atoms with E-state index in [0.717, 1.165) is 44.1 Å². The van der Waals surface area contributed by atoms with Crippen LogP contribution in [0.1, 0.15) is 63.5 Å². The topological polar surface area (TPSA) is 63.7 Å². The number of hydrogen-bond donors (Lipinski definition) is 0. The first-order valence-corrected chi connectivity index (χ1v) is 12.6. The second-order valence-corrected chi connectivity index (χ2v) is 11.2. The van der Waals surface area contributed by atoms with E-state index in [0.29, 0.717) is 24.0 Å². The molecule has 0 bridgehead atoms. The molecular formula is C23H37NO4S. The zero-order valence-corrected chi connectivity index (χ0v) is 19.2. The molecule has 0 heterocycles. The van der Waals surface area contributed by atoms with Crippen LogP contribution in [0.15, 0.2) is 24.3 Å². The molecule has 0 aromatic heterocycles. The van der Waals surface area contributed by atoms with Crippen molar-refractivity contribution in [2.75, 3.05) is 19.8 Å². The van der Waals surface area contributed by atoms with Crippen LogP contribution in [0.2, 0.25) is 0 Å². The van der Waals surface area contributed by atoms with Crippen LogP contribution in [-0.2, 0) is 32.3 Å². The Balaban J connectivity index is 1.78. The van der Waals surface area contributed by atoms with Gasteiger partial charge in [-0.15, -0.1) is 5.06 Å². The second-order valence-electron chi connectivity index (χ2n) is 8.75. The van der Waals surface area contributed by atoms with Gasteiger partial charge in [0.25, 0.3) is 0 Å². The predicted octanol–water partition coefficient (Wildman–Crippen LogP) is 4.20. The summed E-state index contributed by atoms with van der Waals surface area (Å²) in [5.74, 6) is 1.11. The highest BCUT2D eigenvalue weighted by Gasteiger charge is 2.28. The molecule has 0 aliphatic heterocycles. The molecule has 0 amide bonds. The fourth-order valence-electron chi connectivity index (χ4n) is 4.10. The van der Waals surface area contributed by atoms with Gasteiger partial charge in [0.15, 0.2) is 9.84 Å². The van der Waals surface area contributed by atoms with Crippen LogP contribution >= 0.6 is 0 Å². The number of carbonyl (C=O) groups is 1. The summed E-state index contributed by atoms with van der Waals surface area (Å²) >= 11 is 0. The van der Waals surface area contributed by atoms with Gasteiger partial charge < -0.3 is 4.84 Å². The minimum Gasteiger partial charge on any atom is -0.368 e. The molecule has 1 aliphatic rings. The van der Waals surface area contributed by atoms with Gasteiger partial charge in [-0.3, -0.25) is 0 Å². The lowest BCUT2D eigenvalue weighted by molar-refractivity contribution is -0.177. The van der Waals surface area contributed by atoms with Crippen molar-refractivity contribution in [3.05, 3.63) is 35.4 Å². The van der Waals surface area contributed by atoms with E-state index in [9.17, 15) is 13.2 Å². The molecule has 1 unspecified atom stereocenters. The van der Waals surface area contributed by atoms with Crippen molar-refractivity contribution in [3.8, 4) is 0 Å². The van der Waals surface area contributed by atoms with Gasteiger partial charge in [-0.2, -0.15) is 0 Å². The molecule has 1 aromatic rings. The van der Waals surface area contributed by atoms with Crippen LogP contribution in [0.25, 0.3) is 0 Å². The van der Waals surface area contributed by atoms with E-state index in [1.807, 2.05) is 26.0 Å². The normalized spacial score (nSPS) is 21.1. The number of rotatable bonds is 10. The standard InChI is InChI=1S/C23H37NO4S/c1-5-18(2)29(26,27)17-21-13-10-19(11-14-21)9-12-20-7-6-8-22(15-20)16-23(25)28-24(3)4/h6-8,15,18-19,21H,5,9-14,16-17H2,1-4H3. The van der Waals surface area contributed by atoms with Gasteiger partial charge in [0.1, 0.15) is 0 Å². The fraction of sp³-hybridized carbons (Fsp3) is 0.696. The number of benzene rings is 1. The Morgan fingerprint density at radius 1 is 1.14 bits per heavy atom. The van der Waals surface area contributed by atoms with Gasteiger partial charge >= 0.3 is 5.97 Å². The third kappa shape index (κ3) is 8.09. The molecule has 1 aliphatic carbocycles. The average molecular weight is 424 g/mol. The minimum absolute atomic E-state index is 0.220. The zero-order valence-electron chi connectivity index (χ0n) is 18.4. The lowest BCUT2D eigenvalue weighted by Crippen LogP contribution is -2.27. The monoisotopic (exact) mass is 423 g/mol. The molecule has 1 fully saturated rings. The van der Waals surface area contributed by atoms with Gasteiger partial charge in [0.2, 0.25) is 0 Å².